The van der Waals surface area contributed by atoms with Gasteiger partial charge in [0.1, 0.15) is 5.82 Å². The molecule has 0 saturated heterocycles. The molecular formula is C14H15BrFNS. The molecule has 0 spiro atoms. The fourth-order valence-corrected chi connectivity index (χ4v) is 3.75. The number of aryl methyl sites for hydroxylation is 1. The molecule has 1 aromatic heterocycles. The molecule has 0 radical (unpaired) electrons. The van der Waals surface area contributed by atoms with Gasteiger partial charge in [-0.2, -0.15) is 0 Å². The lowest BCUT2D eigenvalue weighted by atomic mass is 10.00. The lowest BCUT2D eigenvalue weighted by Gasteiger charge is -2.17. The van der Waals surface area contributed by atoms with Gasteiger partial charge < -0.3 is 5.32 Å². The van der Waals surface area contributed by atoms with Gasteiger partial charge >= 0.3 is 0 Å². The fraction of sp³-hybridized carbons (Fsp3) is 0.286. The van der Waals surface area contributed by atoms with E-state index in [1.807, 2.05) is 20.0 Å². The standard InChI is InChI=1S/C14H15BrFNS/c1-9-7-11(16)4-3-10(9)8-13(17-2)14-12(15)5-6-18-14/h3-7,13,17H,8H2,1-2H3. The molecule has 0 fully saturated rings. The Balaban J connectivity index is 2.23. The quantitative estimate of drug-likeness (QED) is 0.874. The predicted octanol–water partition coefficient (Wildman–Crippen LogP) is 4.46. The maximum atomic E-state index is 13.1. The molecule has 0 saturated carbocycles. The lowest BCUT2D eigenvalue weighted by molar-refractivity contribution is 0.594. The third-order valence-corrected chi connectivity index (χ3v) is 5.02. The molecule has 1 atom stereocenters. The Hall–Kier alpha value is -0.710. The van der Waals surface area contributed by atoms with Crippen LogP contribution in [0.4, 0.5) is 4.39 Å². The van der Waals surface area contributed by atoms with Crippen LogP contribution in [0.1, 0.15) is 22.0 Å². The van der Waals surface area contributed by atoms with E-state index in [-0.39, 0.29) is 11.9 Å². The summed E-state index contributed by atoms with van der Waals surface area (Å²) < 4.78 is 14.2. The molecule has 0 aliphatic rings. The van der Waals surface area contributed by atoms with Crippen molar-refractivity contribution in [3.05, 3.63) is 55.9 Å². The molecule has 2 aromatic rings. The Kier molecular flexibility index (Phi) is 4.54. The van der Waals surface area contributed by atoms with Gasteiger partial charge in [0, 0.05) is 15.4 Å². The van der Waals surface area contributed by atoms with Crippen LogP contribution in [0.15, 0.2) is 34.1 Å². The molecule has 1 aromatic carbocycles. The molecule has 18 heavy (non-hydrogen) atoms. The number of hydrogen-bond acceptors (Lipinski definition) is 2. The van der Waals surface area contributed by atoms with Crippen molar-refractivity contribution in [3.8, 4) is 0 Å². The predicted molar refractivity (Wildman–Crippen MR) is 78.7 cm³/mol. The maximum Gasteiger partial charge on any atom is 0.123 e. The first-order valence-corrected chi connectivity index (χ1v) is 7.44. The third-order valence-electron chi connectivity index (χ3n) is 3.04. The normalized spacial score (nSPS) is 12.7. The van der Waals surface area contributed by atoms with Crippen LogP contribution >= 0.6 is 27.3 Å². The van der Waals surface area contributed by atoms with E-state index in [4.69, 9.17) is 0 Å². The zero-order chi connectivity index (χ0) is 13.1. The van der Waals surface area contributed by atoms with Crippen molar-refractivity contribution in [2.75, 3.05) is 7.05 Å². The maximum absolute atomic E-state index is 13.1. The van der Waals surface area contributed by atoms with Crippen LogP contribution in [-0.2, 0) is 6.42 Å². The highest BCUT2D eigenvalue weighted by Crippen LogP contribution is 2.31. The minimum absolute atomic E-state index is 0.172. The van der Waals surface area contributed by atoms with Gasteiger partial charge in [0.25, 0.3) is 0 Å². The first-order valence-electron chi connectivity index (χ1n) is 5.77. The van der Waals surface area contributed by atoms with Gasteiger partial charge in [-0.15, -0.1) is 11.3 Å². The molecule has 0 aliphatic carbocycles. The van der Waals surface area contributed by atoms with Crippen molar-refractivity contribution in [2.45, 2.75) is 19.4 Å². The average molecular weight is 328 g/mol. The zero-order valence-electron chi connectivity index (χ0n) is 10.3. The van der Waals surface area contributed by atoms with Crippen molar-refractivity contribution < 1.29 is 4.39 Å². The molecule has 96 valence electrons. The topological polar surface area (TPSA) is 12.0 Å². The van der Waals surface area contributed by atoms with Crippen LogP contribution in [0.5, 0.6) is 0 Å². The molecular weight excluding hydrogens is 313 g/mol. The third kappa shape index (κ3) is 2.99. The number of nitrogens with one attached hydrogen (secondary N) is 1. The Labute approximate surface area is 119 Å². The highest BCUT2D eigenvalue weighted by atomic mass is 79.9. The summed E-state index contributed by atoms with van der Waals surface area (Å²) in [5.74, 6) is -0.172. The van der Waals surface area contributed by atoms with Crippen LogP contribution in [0.3, 0.4) is 0 Å². The highest BCUT2D eigenvalue weighted by molar-refractivity contribution is 9.10. The van der Waals surface area contributed by atoms with Gasteiger partial charge in [-0.05, 0) is 71.0 Å². The number of benzene rings is 1. The van der Waals surface area contributed by atoms with E-state index < -0.39 is 0 Å². The van der Waals surface area contributed by atoms with E-state index in [0.717, 1.165) is 16.5 Å². The lowest BCUT2D eigenvalue weighted by Crippen LogP contribution is -2.18. The van der Waals surface area contributed by atoms with Crippen molar-refractivity contribution in [3.63, 3.8) is 0 Å². The van der Waals surface area contributed by atoms with E-state index in [1.165, 1.54) is 16.5 Å². The highest BCUT2D eigenvalue weighted by Gasteiger charge is 2.15. The number of rotatable bonds is 4. The van der Waals surface area contributed by atoms with Crippen molar-refractivity contribution in [2.24, 2.45) is 0 Å². The van der Waals surface area contributed by atoms with Gasteiger partial charge in [0.15, 0.2) is 0 Å². The molecule has 1 N–H and O–H groups in total. The zero-order valence-corrected chi connectivity index (χ0v) is 12.7. The molecule has 0 aliphatic heterocycles. The monoisotopic (exact) mass is 327 g/mol. The summed E-state index contributed by atoms with van der Waals surface area (Å²) in [5.41, 5.74) is 2.18. The minimum Gasteiger partial charge on any atom is -0.312 e. The molecule has 1 unspecified atom stereocenters. The second-order valence-corrected chi connectivity index (χ2v) is 6.05. The minimum atomic E-state index is -0.172. The average Bonchev–Trinajstić information content (AvgIpc) is 2.75. The number of thiophene rings is 1. The second kappa shape index (κ2) is 5.95. The first kappa shape index (κ1) is 13.7. The summed E-state index contributed by atoms with van der Waals surface area (Å²) in [4.78, 5) is 1.28. The molecule has 1 heterocycles. The number of hydrogen-bond donors (Lipinski definition) is 1. The van der Waals surface area contributed by atoms with Crippen molar-refractivity contribution >= 4 is 27.3 Å². The Morgan fingerprint density at radius 1 is 1.39 bits per heavy atom. The van der Waals surface area contributed by atoms with E-state index in [1.54, 1.807) is 17.4 Å². The van der Waals surface area contributed by atoms with Gasteiger partial charge in [-0.3, -0.25) is 0 Å². The van der Waals surface area contributed by atoms with E-state index in [9.17, 15) is 4.39 Å². The summed E-state index contributed by atoms with van der Waals surface area (Å²) in [5, 5.41) is 5.39. The molecule has 0 amide bonds. The van der Waals surface area contributed by atoms with E-state index in [2.05, 4.69) is 32.7 Å². The van der Waals surface area contributed by atoms with Crippen LogP contribution < -0.4 is 5.32 Å². The first-order chi connectivity index (χ1) is 8.61. The van der Waals surface area contributed by atoms with Gasteiger partial charge in [0.05, 0.1) is 0 Å². The Morgan fingerprint density at radius 2 is 2.17 bits per heavy atom. The summed E-state index contributed by atoms with van der Waals surface area (Å²) in [7, 11) is 1.95. The largest absolute Gasteiger partial charge is 0.312 e. The van der Waals surface area contributed by atoms with Crippen molar-refractivity contribution in [1.29, 1.82) is 0 Å². The van der Waals surface area contributed by atoms with Crippen LogP contribution in [0, 0.1) is 12.7 Å². The smallest absolute Gasteiger partial charge is 0.123 e. The fourth-order valence-electron chi connectivity index (χ4n) is 1.99. The molecule has 0 bridgehead atoms. The van der Waals surface area contributed by atoms with Gasteiger partial charge in [-0.25, -0.2) is 4.39 Å². The van der Waals surface area contributed by atoms with Gasteiger partial charge in [-0.1, -0.05) is 6.07 Å². The van der Waals surface area contributed by atoms with Crippen molar-refractivity contribution in [1.82, 2.24) is 5.32 Å². The summed E-state index contributed by atoms with van der Waals surface area (Å²) in [6.45, 7) is 1.95. The summed E-state index contributed by atoms with van der Waals surface area (Å²) >= 11 is 5.29. The Bertz CT molecular complexity index is 538. The SMILES string of the molecule is CNC(Cc1ccc(F)cc1C)c1sccc1Br. The molecule has 2 rings (SSSR count). The van der Waals surface area contributed by atoms with E-state index in [0.29, 0.717) is 0 Å². The molecule has 1 nitrogen and oxygen atoms in total. The second-order valence-electron chi connectivity index (χ2n) is 4.25. The van der Waals surface area contributed by atoms with Crippen LogP contribution in [0.2, 0.25) is 0 Å². The molecule has 4 heteroatoms. The Morgan fingerprint density at radius 3 is 2.72 bits per heavy atom. The number of likely N-dealkylation sites (N-methyl/N-ethyl adjacent to an activating group) is 1. The van der Waals surface area contributed by atoms with E-state index >= 15 is 0 Å². The summed E-state index contributed by atoms with van der Waals surface area (Å²) in [6, 6.07) is 7.30. The number of halogens is 2. The summed E-state index contributed by atoms with van der Waals surface area (Å²) in [6.07, 6.45) is 0.863. The van der Waals surface area contributed by atoms with Crippen LogP contribution in [0.25, 0.3) is 0 Å². The van der Waals surface area contributed by atoms with Gasteiger partial charge in [0.2, 0.25) is 0 Å². The van der Waals surface area contributed by atoms with Crippen LogP contribution in [-0.4, -0.2) is 7.05 Å².